The summed E-state index contributed by atoms with van der Waals surface area (Å²) in [6.45, 7) is 1.10. The number of carbonyl (C=O) groups excluding carboxylic acids is 1. The normalized spacial score (nSPS) is 16.6. The number of nitrogens with two attached hydrogens (primary N) is 1. The number of nitrogens with one attached hydrogen (secondary N) is 2. The molecule has 1 aliphatic carbocycles. The predicted molar refractivity (Wildman–Crippen MR) is 146 cm³/mol. The summed E-state index contributed by atoms with van der Waals surface area (Å²) in [6.07, 6.45) is -0.754. The maximum absolute atomic E-state index is 13.5. The molecule has 0 unspecified atom stereocenters. The van der Waals surface area contributed by atoms with Gasteiger partial charge in [0, 0.05) is 23.0 Å². The first-order valence-electron chi connectivity index (χ1n) is 12.6. The zero-order valence-corrected chi connectivity index (χ0v) is 21.9. The van der Waals surface area contributed by atoms with E-state index in [1.165, 1.54) is 4.57 Å². The monoisotopic (exact) mass is 539 g/mol. The lowest BCUT2D eigenvalue weighted by atomic mass is 9.87. The number of aromatic nitrogens is 1. The molecule has 0 aliphatic heterocycles. The molecular weight excluding hydrogens is 507 g/mol. The number of hydrogen-bond acceptors (Lipinski definition) is 5. The van der Waals surface area contributed by atoms with Crippen LogP contribution in [0.2, 0.25) is 0 Å². The summed E-state index contributed by atoms with van der Waals surface area (Å²) >= 11 is 0. The second-order valence-electron chi connectivity index (χ2n) is 9.29. The van der Waals surface area contributed by atoms with Gasteiger partial charge in [-0.3, -0.25) is 4.79 Å². The molecule has 4 N–H and O–H groups in total. The summed E-state index contributed by atoms with van der Waals surface area (Å²) in [4.78, 5) is 8.58. The van der Waals surface area contributed by atoms with Gasteiger partial charge in [-0.1, -0.05) is 18.1 Å². The number of hydrogen-bond donors (Lipinski definition) is 3. The molecule has 1 fully saturated rings. The number of alkyl halides is 3. The van der Waals surface area contributed by atoms with Crippen molar-refractivity contribution in [1.29, 1.82) is 5.26 Å². The minimum atomic E-state index is -4.38. The minimum Gasteiger partial charge on any atom is -0.495 e. The second-order valence-corrected chi connectivity index (χ2v) is 9.29. The predicted octanol–water partition coefficient (Wildman–Crippen LogP) is 5.58. The van der Waals surface area contributed by atoms with Crippen molar-refractivity contribution in [2.75, 3.05) is 24.3 Å². The molecule has 0 saturated heterocycles. The molecule has 0 radical (unpaired) electrons. The first-order valence-corrected chi connectivity index (χ1v) is 12.6. The third-order valence-electron chi connectivity index (χ3n) is 6.49. The molecule has 1 amide bonds. The van der Waals surface area contributed by atoms with Crippen molar-refractivity contribution in [3.05, 3.63) is 53.7 Å². The average Bonchev–Trinajstić information content (AvgIpc) is 3.24. The Hall–Kier alpha value is -4.31. The van der Waals surface area contributed by atoms with Crippen LogP contribution in [0.5, 0.6) is 5.75 Å². The Morgan fingerprint density at radius 2 is 1.87 bits per heavy atom. The first-order chi connectivity index (χ1) is 18.7. The highest BCUT2D eigenvalue weighted by Crippen LogP contribution is 2.33. The summed E-state index contributed by atoms with van der Waals surface area (Å²) in [5, 5.41) is 16.5. The van der Waals surface area contributed by atoms with Crippen LogP contribution in [0.4, 0.5) is 24.5 Å². The fraction of sp³-hybridized carbons (Fsp3) is 0.379. The van der Waals surface area contributed by atoms with Crippen molar-refractivity contribution < 1.29 is 22.7 Å². The van der Waals surface area contributed by atoms with E-state index in [4.69, 9.17) is 14.8 Å². The number of carbonyl (C=O) groups is 1. The van der Waals surface area contributed by atoms with Crippen molar-refractivity contribution >= 4 is 28.7 Å². The Labute approximate surface area is 226 Å². The van der Waals surface area contributed by atoms with Crippen LogP contribution in [-0.2, 0) is 11.3 Å². The molecule has 1 saturated carbocycles. The number of benzene rings is 2. The van der Waals surface area contributed by atoms with Crippen LogP contribution >= 0.6 is 0 Å². The Morgan fingerprint density at radius 3 is 2.51 bits per heavy atom. The molecule has 7 nitrogen and oxygen atoms in total. The molecule has 0 bridgehead atoms. The molecule has 0 spiro atoms. The fourth-order valence-electron chi connectivity index (χ4n) is 4.67. The zero-order chi connectivity index (χ0) is 28.4. The van der Waals surface area contributed by atoms with Gasteiger partial charge in [0.05, 0.1) is 36.6 Å². The Kier molecular flexibility index (Phi) is 10.1. The third-order valence-corrected chi connectivity index (χ3v) is 6.49. The van der Waals surface area contributed by atoms with E-state index < -0.39 is 12.7 Å². The Balaban J connectivity index is 0.00000134. The maximum atomic E-state index is 13.5. The van der Waals surface area contributed by atoms with E-state index in [-0.39, 0.29) is 24.9 Å². The SMILES string of the molecule is COc1cc(C)ccc1NCC#Cc1cc2c(NC3CCC(C#N)CC3)cccc2n1CC(F)(F)F.NC=O. The van der Waals surface area contributed by atoms with E-state index in [0.29, 0.717) is 22.3 Å². The summed E-state index contributed by atoms with van der Waals surface area (Å²) in [7, 11) is 1.59. The number of primary amides is 1. The van der Waals surface area contributed by atoms with Crippen molar-refractivity contribution in [3.8, 4) is 23.7 Å². The van der Waals surface area contributed by atoms with E-state index in [9.17, 15) is 13.2 Å². The number of anilines is 2. The van der Waals surface area contributed by atoms with Crippen LogP contribution in [0.15, 0.2) is 42.5 Å². The number of methoxy groups -OCH3 is 1. The smallest absolute Gasteiger partial charge is 0.406 e. The van der Waals surface area contributed by atoms with Gasteiger partial charge in [-0.15, -0.1) is 0 Å². The van der Waals surface area contributed by atoms with Crippen LogP contribution in [-0.4, -0.2) is 36.8 Å². The number of amides is 1. The van der Waals surface area contributed by atoms with Gasteiger partial charge in [-0.05, 0) is 74.4 Å². The molecule has 206 valence electrons. The molecule has 39 heavy (non-hydrogen) atoms. The van der Waals surface area contributed by atoms with Gasteiger partial charge in [0.25, 0.3) is 0 Å². The zero-order valence-electron chi connectivity index (χ0n) is 21.9. The van der Waals surface area contributed by atoms with Crippen molar-refractivity contribution in [2.45, 2.75) is 51.4 Å². The summed E-state index contributed by atoms with van der Waals surface area (Å²) in [5.74, 6) is 6.66. The van der Waals surface area contributed by atoms with Gasteiger partial charge >= 0.3 is 6.18 Å². The molecule has 0 atom stereocenters. The van der Waals surface area contributed by atoms with E-state index >= 15 is 0 Å². The first kappa shape index (κ1) is 29.2. The number of nitriles is 1. The molecule has 3 aromatic rings. The van der Waals surface area contributed by atoms with Crippen LogP contribution in [0, 0.1) is 36.0 Å². The number of nitrogens with zero attached hydrogens (tertiary/aromatic N) is 2. The number of ether oxygens (including phenoxy) is 1. The van der Waals surface area contributed by atoms with Crippen molar-refractivity contribution in [3.63, 3.8) is 0 Å². The van der Waals surface area contributed by atoms with Gasteiger partial charge in [-0.25, -0.2) is 0 Å². The molecule has 10 heteroatoms. The highest BCUT2D eigenvalue weighted by molar-refractivity contribution is 5.94. The maximum Gasteiger partial charge on any atom is 0.406 e. The van der Waals surface area contributed by atoms with Crippen molar-refractivity contribution in [1.82, 2.24) is 4.57 Å². The van der Waals surface area contributed by atoms with Crippen LogP contribution in [0.1, 0.15) is 36.9 Å². The molecular formula is C29H32F3N5O2. The van der Waals surface area contributed by atoms with Gasteiger partial charge in [0.2, 0.25) is 6.41 Å². The quantitative estimate of drug-likeness (QED) is 0.280. The van der Waals surface area contributed by atoms with Crippen LogP contribution < -0.4 is 21.1 Å². The number of aryl methyl sites for hydroxylation is 1. The van der Waals surface area contributed by atoms with E-state index in [0.717, 1.165) is 42.6 Å². The number of halogens is 3. The van der Waals surface area contributed by atoms with Gasteiger partial charge in [0.15, 0.2) is 0 Å². The summed E-state index contributed by atoms with van der Waals surface area (Å²) in [5.41, 5.74) is 7.58. The van der Waals surface area contributed by atoms with Crippen LogP contribution in [0.25, 0.3) is 10.9 Å². The summed E-state index contributed by atoms with van der Waals surface area (Å²) < 4.78 is 47.0. The van der Waals surface area contributed by atoms with E-state index in [1.54, 1.807) is 25.3 Å². The minimum absolute atomic E-state index is 0.0853. The molecule has 1 aliphatic rings. The summed E-state index contributed by atoms with van der Waals surface area (Å²) in [6, 6.07) is 15.3. The highest BCUT2D eigenvalue weighted by Gasteiger charge is 2.30. The molecule has 2 aromatic carbocycles. The molecule has 4 rings (SSSR count). The van der Waals surface area contributed by atoms with Gasteiger partial charge < -0.3 is 25.7 Å². The Morgan fingerprint density at radius 1 is 1.15 bits per heavy atom. The Bertz CT molecular complexity index is 1370. The third kappa shape index (κ3) is 8.08. The standard InChI is InChI=1S/C28H29F3N4O.CH3NO/c1-19-8-13-25(27(15-19)36-2)33-14-4-5-22-16-23-24(34-21-11-9-20(17-32)10-12-21)6-3-7-26(23)35(22)18-28(29,30)31;2-1-3/h3,6-8,13,15-16,20-21,33-34H,9-12,14,18H2,1-2H3;1H,(H2,2,3). The van der Waals surface area contributed by atoms with Gasteiger partial charge in [0.1, 0.15) is 12.3 Å². The topological polar surface area (TPSA) is 105 Å². The van der Waals surface area contributed by atoms with E-state index in [1.807, 2.05) is 31.2 Å². The molecule has 1 aromatic heterocycles. The largest absolute Gasteiger partial charge is 0.495 e. The average molecular weight is 540 g/mol. The second kappa shape index (κ2) is 13.5. The lowest BCUT2D eigenvalue weighted by Crippen LogP contribution is -2.25. The lowest BCUT2D eigenvalue weighted by Gasteiger charge is -2.26. The fourth-order valence-corrected chi connectivity index (χ4v) is 4.67. The highest BCUT2D eigenvalue weighted by atomic mass is 19.4. The lowest BCUT2D eigenvalue weighted by molar-refractivity contribution is -0.140. The number of rotatable bonds is 6. The van der Waals surface area contributed by atoms with E-state index in [2.05, 4.69) is 34.3 Å². The number of fused-ring (bicyclic) bond motifs is 1. The molecule has 1 heterocycles. The van der Waals surface area contributed by atoms with Gasteiger partial charge in [-0.2, -0.15) is 18.4 Å². The van der Waals surface area contributed by atoms with Crippen LogP contribution in [0.3, 0.4) is 0 Å². The van der Waals surface area contributed by atoms with Crippen molar-refractivity contribution in [2.24, 2.45) is 11.7 Å².